The highest BCUT2D eigenvalue weighted by atomic mass is 19.1. The van der Waals surface area contributed by atoms with E-state index in [9.17, 15) is 9.18 Å². The summed E-state index contributed by atoms with van der Waals surface area (Å²) in [5.74, 6) is -0.173. The van der Waals surface area contributed by atoms with Crippen molar-refractivity contribution in [3.63, 3.8) is 0 Å². The molecule has 2 saturated heterocycles. The van der Waals surface area contributed by atoms with Crippen LogP contribution < -0.4 is 0 Å². The maximum Gasteiger partial charge on any atom is 0.247 e. The fraction of sp³-hybridized carbons (Fsp3) is 0.533. The summed E-state index contributed by atoms with van der Waals surface area (Å²) in [5.41, 5.74) is 0.318. The molecular formula is C15H17FN4O. The molecule has 2 aliphatic rings. The largest absolute Gasteiger partial charge is 0.276 e. The molecule has 1 amide bonds. The van der Waals surface area contributed by atoms with Gasteiger partial charge in [-0.25, -0.2) is 14.2 Å². The van der Waals surface area contributed by atoms with Crippen LogP contribution in [0.5, 0.6) is 0 Å². The van der Waals surface area contributed by atoms with Crippen LogP contribution >= 0.6 is 0 Å². The minimum atomic E-state index is -1.19. The van der Waals surface area contributed by atoms with Gasteiger partial charge in [0.1, 0.15) is 6.17 Å². The summed E-state index contributed by atoms with van der Waals surface area (Å²) in [7, 11) is 0. The van der Waals surface area contributed by atoms with E-state index >= 15 is 0 Å². The van der Waals surface area contributed by atoms with Gasteiger partial charge in [-0.2, -0.15) is 0 Å². The molecule has 1 aromatic rings. The van der Waals surface area contributed by atoms with Gasteiger partial charge in [-0.1, -0.05) is 0 Å². The van der Waals surface area contributed by atoms with Crippen molar-refractivity contribution in [2.24, 2.45) is 5.41 Å². The standard InChI is InChI=1S/C15H17FN4O/c1-10(16)15(2)9-19-5-4-13(20(19)14(15)21)11-6-12(17-3)8-18-7-11/h6-8,10,13H,4-5,9H2,1-2H3/t10?,13-,15?/m1/s1. The molecule has 0 radical (unpaired) electrons. The minimum Gasteiger partial charge on any atom is -0.276 e. The van der Waals surface area contributed by atoms with Gasteiger partial charge in [-0.05, 0) is 31.9 Å². The number of hydrazine groups is 1. The molecule has 5 nitrogen and oxygen atoms in total. The fourth-order valence-electron chi connectivity index (χ4n) is 3.12. The van der Waals surface area contributed by atoms with Crippen molar-refractivity contribution in [1.29, 1.82) is 0 Å². The number of fused-ring (bicyclic) bond motifs is 1. The molecule has 3 rings (SSSR count). The molecule has 2 fully saturated rings. The smallest absolute Gasteiger partial charge is 0.247 e. The van der Waals surface area contributed by atoms with Gasteiger partial charge in [0, 0.05) is 25.5 Å². The summed E-state index contributed by atoms with van der Waals surface area (Å²) in [6.07, 6.45) is 2.78. The van der Waals surface area contributed by atoms with Crippen LogP contribution in [0.2, 0.25) is 0 Å². The highest BCUT2D eigenvalue weighted by molar-refractivity contribution is 5.85. The molecule has 110 valence electrons. The zero-order chi connectivity index (χ0) is 15.2. The first-order valence-corrected chi connectivity index (χ1v) is 7.02. The molecule has 0 bridgehead atoms. The summed E-state index contributed by atoms with van der Waals surface area (Å²) < 4.78 is 13.9. The van der Waals surface area contributed by atoms with Crippen LogP contribution in [0.4, 0.5) is 10.1 Å². The SMILES string of the molecule is [C-]#[N+]c1cncc([C@H]2CCN3CC(C)(C(C)F)C(=O)N23)c1. The number of alkyl halides is 1. The number of pyridine rings is 1. The molecule has 0 N–H and O–H groups in total. The number of nitrogens with zero attached hydrogens (tertiary/aromatic N) is 4. The summed E-state index contributed by atoms with van der Waals surface area (Å²) in [6, 6.07) is 1.61. The lowest BCUT2D eigenvalue weighted by atomic mass is 9.85. The summed E-state index contributed by atoms with van der Waals surface area (Å²) in [4.78, 5) is 20.1. The zero-order valence-electron chi connectivity index (χ0n) is 12.1. The summed E-state index contributed by atoms with van der Waals surface area (Å²) in [5, 5.41) is 3.59. The number of rotatable bonds is 2. The molecule has 0 saturated carbocycles. The molecule has 2 aliphatic heterocycles. The Labute approximate surface area is 123 Å². The van der Waals surface area contributed by atoms with Crippen LogP contribution in [0.3, 0.4) is 0 Å². The Morgan fingerprint density at radius 3 is 3.00 bits per heavy atom. The van der Waals surface area contributed by atoms with Gasteiger partial charge < -0.3 is 0 Å². The zero-order valence-corrected chi connectivity index (χ0v) is 12.1. The Morgan fingerprint density at radius 2 is 2.33 bits per heavy atom. The lowest BCUT2D eigenvalue weighted by Crippen LogP contribution is -2.39. The lowest BCUT2D eigenvalue weighted by molar-refractivity contribution is -0.144. The normalized spacial score (nSPS) is 30.3. The van der Waals surface area contributed by atoms with Gasteiger partial charge in [0.05, 0.1) is 18.0 Å². The Hall–Kier alpha value is -2.00. The van der Waals surface area contributed by atoms with Gasteiger partial charge in [0.25, 0.3) is 0 Å². The van der Waals surface area contributed by atoms with Crippen molar-refractivity contribution in [3.05, 3.63) is 35.4 Å². The number of halogens is 1. The van der Waals surface area contributed by atoms with Gasteiger partial charge in [-0.15, -0.1) is 0 Å². The quantitative estimate of drug-likeness (QED) is 0.785. The molecule has 0 aromatic carbocycles. The maximum absolute atomic E-state index is 13.9. The van der Waals surface area contributed by atoms with E-state index in [1.165, 1.54) is 13.1 Å². The van der Waals surface area contributed by atoms with Crippen LogP contribution in [0.25, 0.3) is 4.85 Å². The Morgan fingerprint density at radius 1 is 1.57 bits per heavy atom. The highest BCUT2D eigenvalue weighted by Gasteiger charge is 2.55. The average molecular weight is 288 g/mol. The minimum absolute atomic E-state index is 0.146. The van der Waals surface area contributed by atoms with Crippen LogP contribution in [-0.4, -0.2) is 40.2 Å². The van der Waals surface area contributed by atoms with Crippen molar-refractivity contribution in [3.8, 4) is 0 Å². The third-order valence-corrected chi connectivity index (χ3v) is 4.60. The predicted molar refractivity (Wildman–Crippen MR) is 75.0 cm³/mol. The monoisotopic (exact) mass is 288 g/mol. The number of carbonyl (C=O) groups is 1. The third-order valence-electron chi connectivity index (χ3n) is 4.60. The molecule has 3 atom stereocenters. The second kappa shape index (κ2) is 4.78. The molecule has 2 unspecified atom stereocenters. The third kappa shape index (κ3) is 2.00. The fourth-order valence-corrected chi connectivity index (χ4v) is 3.12. The molecule has 6 heteroatoms. The topological polar surface area (TPSA) is 40.8 Å². The molecule has 3 heterocycles. The predicted octanol–water partition coefficient (Wildman–Crippen LogP) is 2.50. The van der Waals surface area contributed by atoms with Gasteiger partial charge in [-0.3, -0.25) is 14.8 Å². The van der Waals surface area contributed by atoms with Crippen LogP contribution in [0.1, 0.15) is 31.9 Å². The molecule has 0 aliphatic carbocycles. The molecule has 21 heavy (non-hydrogen) atoms. The number of hydrogen-bond donors (Lipinski definition) is 0. The lowest BCUT2D eigenvalue weighted by Gasteiger charge is -2.27. The first-order chi connectivity index (χ1) is 9.97. The van der Waals surface area contributed by atoms with E-state index < -0.39 is 11.6 Å². The van der Waals surface area contributed by atoms with Crippen molar-refractivity contribution in [2.45, 2.75) is 32.5 Å². The number of carbonyl (C=O) groups excluding carboxylic acids is 1. The van der Waals surface area contributed by atoms with Crippen molar-refractivity contribution in [2.75, 3.05) is 13.1 Å². The first-order valence-electron chi connectivity index (χ1n) is 7.02. The van der Waals surface area contributed by atoms with Gasteiger partial charge >= 0.3 is 0 Å². The first kappa shape index (κ1) is 14.0. The molecule has 0 spiro atoms. The van der Waals surface area contributed by atoms with Crippen LogP contribution in [0, 0.1) is 12.0 Å². The Balaban J connectivity index is 1.94. The van der Waals surface area contributed by atoms with Crippen molar-refractivity contribution >= 4 is 11.6 Å². The van der Waals surface area contributed by atoms with E-state index in [1.807, 2.05) is 5.01 Å². The molecular weight excluding hydrogens is 271 g/mol. The Kier molecular flexibility index (Phi) is 3.18. The van der Waals surface area contributed by atoms with E-state index in [4.69, 9.17) is 6.57 Å². The Bertz CT molecular complexity index is 626. The van der Waals surface area contributed by atoms with E-state index in [0.29, 0.717) is 12.2 Å². The van der Waals surface area contributed by atoms with Crippen molar-refractivity contribution in [1.82, 2.24) is 15.0 Å². The number of amides is 1. The number of hydrogen-bond acceptors (Lipinski definition) is 3. The summed E-state index contributed by atoms with van der Waals surface area (Å²) >= 11 is 0. The van der Waals surface area contributed by atoms with E-state index in [2.05, 4.69) is 9.83 Å². The summed E-state index contributed by atoms with van der Waals surface area (Å²) in [6.45, 7) is 11.3. The van der Waals surface area contributed by atoms with Crippen LogP contribution in [-0.2, 0) is 4.79 Å². The van der Waals surface area contributed by atoms with Gasteiger partial charge in [0.15, 0.2) is 0 Å². The second-order valence-electron chi connectivity index (χ2n) is 5.96. The second-order valence-corrected chi connectivity index (χ2v) is 5.96. The highest BCUT2D eigenvalue weighted by Crippen LogP contribution is 2.44. The molecule has 1 aromatic heterocycles. The van der Waals surface area contributed by atoms with Crippen LogP contribution in [0.15, 0.2) is 18.5 Å². The van der Waals surface area contributed by atoms with Gasteiger partial charge in [0.2, 0.25) is 11.6 Å². The van der Waals surface area contributed by atoms with Crippen molar-refractivity contribution < 1.29 is 9.18 Å². The average Bonchev–Trinajstić information content (AvgIpc) is 2.99. The van der Waals surface area contributed by atoms with E-state index in [0.717, 1.165) is 18.5 Å². The van der Waals surface area contributed by atoms with E-state index in [-0.39, 0.29) is 11.9 Å². The van der Waals surface area contributed by atoms with E-state index in [1.54, 1.807) is 24.2 Å². The number of aromatic nitrogens is 1. The maximum atomic E-state index is 13.9.